The number of hydrogen-bond acceptors (Lipinski definition) is 3. The monoisotopic (exact) mass is 212 g/mol. The first-order valence-electron chi connectivity index (χ1n) is 6.35. The summed E-state index contributed by atoms with van der Waals surface area (Å²) in [6.07, 6.45) is 5.78. The summed E-state index contributed by atoms with van der Waals surface area (Å²) in [6, 6.07) is 0. The molecule has 1 saturated carbocycles. The Balaban J connectivity index is 1.49. The standard InChI is InChI=1S/C12H24N2O/c1-14(10-11-2-3-11)8-9-15-12-4-6-13-7-5-12/h11-13H,2-10H2,1H3. The van der Waals surface area contributed by atoms with Gasteiger partial charge >= 0.3 is 0 Å². The van der Waals surface area contributed by atoms with Crippen LogP contribution in [0.1, 0.15) is 25.7 Å². The van der Waals surface area contributed by atoms with Crippen molar-refractivity contribution in [2.45, 2.75) is 31.8 Å². The molecule has 15 heavy (non-hydrogen) atoms. The molecule has 3 heteroatoms. The molecule has 0 aromatic heterocycles. The second-order valence-corrected chi connectivity index (χ2v) is 5.03. The number of likely N-dealkylation sites (N-methyl/N-ethyl adjacent to an activating group) is 1. The zero-order valence-electron chi connectivity index (χ0n) is 9.87. The van der Waals surface area contributed by atoms with Gasteiger partial charge in [0, 0.05) is 13.1 Å². The first-order valence-corrected chi connectivity index (χ1v) is 6.35. The van der Waals surface area contributed by atoms with Crippen LogP contribution >= 0.6 is 0 Å². The summed E-state index contributed by atoms with van der Waals surface area (Å²) in [5, 5.41) is 3.36. The molecule has 1 heterocycles. The van der Waals surface area contributed by atoms with Crippen LogP contribution in [0.15, 0.2) is 0 Å². The first kappa shape index (κ1) is 11.4. The Morgan fingerprint density at radius 3 is 2.60 bits per heavy atom. The molecule has 0 spiro atoms. The maximum Gasteiger partial charge on any atom is 0.0600 e. The van der Waals surface area contributed by atoms with Crippen molar-refractivity contribution < 1.29 is 4.74 Å². The molecule has 0 atom stereocenters. The third-order valence-corrected chi connectivity index (χ3v) is 3.38. The Hall–Kier alpha value is -0.120. The zero-order chi connectivity index (χ0) is 10.5. The number of nitrogens with zero attached hydrogens (tertiary/aromatic N) is 1. The van der Waals surface area contributed by atoms with Crippen molar-refractivity contribution in [2.24, 2.45) is 5.92 Å². The summed E-state index contributed by atoms with van der Waals surface area (Å²) in [5.41, 5.74) is 0. The van der Waals surface area contributed by atoms with Gasteiger partial charge in [-0.25, -0.2) is 0 Å². The van der Waals surface area contributed by atoms with Crippen LogP contribution in [0.3, 0.4) is 0 Å². The summed E-state index contributed by atoms with van der Waals surface area (Å²) in [7, 11) is 2.21. The molecule has 0 bridgehead atoms. The van der Waals surface area contributed by atoms with Crippen LogP contribution in [0.5, 0.6) is 0 Å². The van der Waals surface area contributed by atoms with E-state index in [1.165, 1.54) is 32.2 Å². The zero-order valence-corrected chi connectivity index (χ0v) is 9.87. The number of piperidine rings is 1. The second-order valence-electron chi connectivity index (χ2n) is 5.03. The van der Waals surface area contributed by atoms with Crippen LogP contribution in [0, 0.1) is 5.92 Å². The fraction of sp³-hybridized carbons (Fsp3) is 1.00. The van der Waals surface area contributed by atoms with Crippen molar-refractivity contribution >= 4 is 0 Å². The van der Waals surface area contributed by atoms with Crippen LogP contribution in [0.25, 0.3) is 0 Å². The van der Waals surface area contributed by atoms with Gasteiger partial charge < -0.3 is 15.0 Å². The Morgan fingerprint density at radius 1 is 1.20 bits per heavy atom. The van der Waals surface area contributed by atoms with Gasteiger partial charge in [-0.15, -0.1) is 0 Å². The van der Waals surface area contributed by atoms with E-state index >= 15 is 0 Å². The Kier molecular flexibility index (Phi) is 4.42. The van der Waals surface area contributed by atoms with Crippen LogP contribution in [-0.4, -0.2) is 50.8 Å². The van der Waals surface area contributed by atoms with Gasteiger partial charge in [-0.1, -0.05) is 0 Å². The summed E-state index contributed by atoms with van der Waals surface area (Å²) in [4.78, 5) is 2.42. The SMILES string of the molecule is CN(CCOC1CCNCC1)CC1CC1. The van der Waals surface area contributed by atoms with E-state index < -0.39 is 0 Å². The van der Waals surface area contributed by atoms with E-state index in [0.29, 0.717) is 6.10 Å². The molecule has 0 aromatic carbocycles. The van der Waals surface area contributed by atoms with Crippen LogP contribution in [0.2, 0.25) is 0 Å². The lowest BCUT2D eigenvalue weighted by atomic mass is 10.1. The lowest BCUT2D eigenvalue weighted by Crippen LogP contribution is -2.34. The number of nitrogens with one attached hydrogen (secondary N) is 1. The topological polar surface area (TPSA) is 24.5 Å². The molecule has 0 aromatic rings. The molecule has 1 N–H and O–H groups in total. The summed E-state index contributed by atoms with van der Waals surface area (Å²) >= 11 is 0. The van der Waals surface area contributed by atoms with Crippen molar-refractivity contribution in [2.75, 3.05) is 39.8 Å². The normalized spacial score (nSPS) is 23.6. The minimum Gasteiger partial charge on any atom is -0.377 e. The predicted molar refractivity (Wildman–Crippen MR) is 62.1 cm³/mol. The van der Waals surface area contributed by atoms with E-state index in [2.05, 4.69) is 17.3 Å². The van der Waals surface area contributed by atoms with Crippen molar-refractivity contribution in [1.29, 1.82) is 0 Å². The van der Waals surface area contributed by atoms with Gasteiger partial charge in [0.2, 0.25) is 0 Å². The van der Waals surface area contributed by atoms with E-state index in [-0.39, 0.29) is 0 Å². The number of rotatable bonds is 6. The van der Waals surface area contributed by atoms with E-state index in [1.54, 1.807) is 0 Å². The van der Waals surface area contributed by atoms with Crippen molar-refractivity contribution in [3.63, 3.8) is 0 Å². The molecule has 1 saturated heterocycles. The molecule has 2 fully saturated rings. The minimum absolute atomic E-state index is 0.514. The van der Waals surface area contributed by atoms with Gasteiger partial charge in [-0.3, -0.25) is 0 Å². The van der Waals surface area contributed by atoms with Gasteiger partial charge in [0.1, 0.15) is 0 Å². The average molecular weight is 212 g/mol. The summed E-state index contributed by atoms with van der Waals surface area (Å²) in [5.74, 6) is 0.994. The highest BCUT2D eigenvalue weighted by Gasteiger charge is 2.22. The third-order valence-electron chi connectivity index (χ3n) is 3.38. The number of hydrogen-bond donors (Lipinski definition) is 1. The Labute approximate surface area is 93.2 Å². The fourth-order valence-electron chi connectivity index (χ4n) is 2.17. The van der Waals surface area contributed by atoms with Gasteiger partial charge in [0.15, 0.2) is 0 Å². The molecule has 2 rings (SSSR count). The maximum absolute atomic E-state index is 5.87. The van der Waals surface area contributed by atoms with Crippen LogP contribution in [-0.2, 0) is 4.74 Å². The second kappa shape index (κ2) is 5.83. The smallest absolute Gasteiger partial charge is 0.0600 e. The molecular weight excluding hydrogens is 188 g/mol. The van der Waals surface area contributed by atoms with Crippen LogP contribution < -0.4 is 5.32 Å². The molecular formula is C12H24N2O. The van der Waals surface area contributed by atoms with Crippen molar-refractivity contribution in [3.8, 4) is 0 Å². The molecule has 2 aliphatic rings. The third kappa shape index (κ3) is 4.49. The first-order chi connectivity index (χ1) is 7.34. The maximum atomic E-state index is 5.87. The fourth-order valence-corrected chi connectivity index (χ4v) is 2.17. The summed E-state index contributed by atoms with van der Waals surface area (Å²) < 4.78 is 5.87. The molecule has 0 amide bonds. The summed E-state index contributed by atoms with van der Waals surface area (Å²) in [6.45, 7) is 5.54. The van der Waals surface area contributed by atoms with E-state index in [4.69, 9.17) is 4.74 Å². The molecule has 1 aliphatic heterocycles. The Morgan fingerprint density at radius 2 is 1.93 bits per heavy atom. The van der Waals surface area contributed by atoms with E-state index in [1.807, 2.05) is 0 Å². The Bertz CT molecular complexity index is 176. The highest BCUT2D eigenvalue weighted by Crippen LogP contribution is 2.29. The van der Waals surface area contributed by atoms with Crippen molar-refractivity contribution in [1.82, 2.24) is 10.2 Å². The predicted octanol–water partition coefficient (Wildman–Crippen LogP) is 1.10. The molecule has 88 valence electrons. The quantitative estimate of drug-likeness (QED) is 0.713. The largest absolute Gasteiger partial charge is 0.377 e. The van der Waals surface area contributed by atoms with Gasteiger partial charge in [-0.05, 0) is 51.7 Å². The molecule has 0 unspecified atom stereocenters. The van der Waals surface area contributed by atoms with E-state index in [9.17, 15) is 0 Å². The average Bonchev–Trinajstić information content (AvgIpc) is 3.03. The molecule has 0 radical (unpaired) electrons. The molecule has 3 nitrogen and oxygen atoms in total. The molecule has 1 aliphatic carbocycles. The lowest BCUT2D eigenvalue weighted by molar-refractivity contribution is 0.0227. The van der Waals surface area contributed by atoms with Gasteiger partial charge in [0.05, 0.1) is 12.7 Å². The van der Waals surface area contributed by atoms with Crippen LogP contribution in [0.4, 0.5) is 0 Å². The van der Waals surface area contributed by atoms with E-state index in [0.717, 1.165) is 32.2 Å². The number of ether oxygens (including phenoxy) is 1. The highest BCUT2D eigenvalue weighted by molar-refractivity contribution is 4.76. The lowest BCUT2D eigenvalue weighted by Gasteiger charge is -2.24. The van der Waals surface area contributed by atoms with Crippen molar-refractivity contribution in [3.05, 3.63) is 0 Å². The van der Waals surface area contributed by atoms with Gasteiger partial charge in [-0.2, -0.15) is 0 Å². The van der Waals surface area contributed by atoms with Gasteiger partial charge in [0.25, 0.3) is 0 Å². The highest BCUT2D eigenvalue weighted by atomic mass is 16.5. The minimum atomic E-state index is 0.514.